The highest BCUT2D eigenvalue weighted by molar-refractivity contribution is 5.13. The number of nitrogens with zero attached hydrogens (tertiary/aromatic N) is 1. The largest absolute Gasteiger partial charge is 0.451 e. The van der Waals surface area contributed by atoms with Crippen molar-refractivity contribution < 1.29 is 9.15 Å². The molecule has 0 N–H and O–H groups in total. The van der Waals surface area contributed by atoms with Crippen molar-refractivity contribution in [1.82, 2.24) is 4.98 Å². The van der Waals surface area contributed by atoms with Crippen LogP contribution in [0.25, 0.3) is 0 Å². The summed E-state index contributed by atoms with van der Waals surface area (Å²) >= 11 is 0. The minimum Gasteiger partial charge on any atom is -0.451 e. The van der Waals surface area contributed by atoms with Gasteiger partial charge in [-0.05, 0) is 5.56 Å². The summed E-state index contributed by atoms with van der Waals surface area (Å²) in [6, 6.07) is 10.0. The van der Waals surface area contributed by atoms with Gasteiger partial charge < -0.3 is 9.15 Å². The molecule has 1 aromatic carbocycles. The van der Waals surface area contributed by atoms with Crippen LogP contribution >= 0.6 is 0 Å². The zero-order chi connectivity index (χ0) is 9.64. The molecule has 0 radical (unpaired) electrons. The van der Waals surface area contributed by atoms with Crippen molar-refractivity contribution in [2.75, 3.05) is 0 Å². The summed E-state index contributed by atoms with van der Waals surface area (Å²) in [6.45, 7) is 1.10. The predicted molar refractivity (Wildman–Crippen MR) is 51.4 cm³/mol. The average molecular weight is 189 g/mol. The van der Waals surface area contributed by atoms with Gasteiger partial charge in [-0.3, -0.25) is 0 Å². The van der Waals surface area contributed by atoms with Gasteiger partial charge in [0.05, 0.1) is 13.2 Å². The van der Waals surface area contributed by atoms with E-state index in [9.17, 15) is 0 Å². The molecular weight excluding hydrogens is 178 g/mol. The SMILES string of the molecule is c1ccc(COCc2cocn2)cc1. The second-order valence-electron chi connectivity index (χ2n) is 2.96. The standard InChI is InChI=1S/C11H11NO2/c1-2-4-10(5-3-1)6-13-7-11-8-14-9-12-11/h1-5,8-9H,6-7H2. The van der Waals surface area contributed by atoms with Crippen LogP contribution in [0.2, 0.25) is 0 Å². The van der Waals surface area contributed by atoms with E-state index in [0.717, 1.165) is 11.3 Å². The second-order valence-corrected chi connectivity index (χ2v) is 2.96. The second kappa shape index (κ2) is 4.58. The Hall–Kier alpha value is -1.61. The van der Waals surface area contributed by atoms with Crippen molar-refractivity contribution >= 4 is 0 Å². The van der Waals surface area contributed by atoms with E-state index in [1.807, 2.05) is 30.3 Å². The summed E-state index contributed by atoms with van der Waals surface area (Å²) in [4.78, 5) is 3.96. The number of oxazole rings is 1. The molecule has 3 heteroatoms. The summed E-state index contributed by atoms with van der Waals surface area (Å²) in [5.41, 5.74) is 1.98. The quantitative estimate of drug-likeness (QED) is 0.740. The van der Waals surface area contributed by atoms with Crippen LogP contribution in [0.4, 0.5) is 0 Å². The number of ether oxygens (including phenoxy) is 1. The molecule has 0 saturated carbocycles. The van der Waals surface area contributed by atoms with E-state index < -0.39 is 0 Å². The Morgan fingerprint density at radius 2 is 2.00 bits per heavy atom. The highest BCUT2D eigenvalue weighted by Gasteiger charge is 1.96. The van der Waals surface area contributed by atoms with Gasteiger partial charge in [-0.25, -0.2) is 4.98 Å². The molecule has 0 spiro atoms. The van der Waals surface area contributed by atoms with E-state index in [1.165, 1.54) is 6.39 Å². The zero-order valence-corrected chi connectivity index (χ0v) is 7.72. The Morgan fingerprint density at radius 3 is 2.71 bits per heavy atom. The van der Waals surface area contributed by atoms with Crippen LogP contribution in [0.15, 0.2) is 47.4 Å². The fraction of sp³-hybridized carbons (Fsp3) is 0.182. The van der Waals surface area contributed by atoms with Crippen LogP contribution in [0, 0.1) is 0 Å². The van der Waals surface area contributed by atoms with Gasteiger partial charge >= 0.3 is 0 Å². The number of aromatic nitrogens is 1. The van der Waals surface area contributed by atoms with Gasteiger partial charge in [-0.15, -0.1) is 0 Å². The molecule has 72 valence electrons. The van der Waals surface area contributed by atoms with Gasteiger partial charge in [0.2, 0.25) is 0 Å². The third-order valence-electron chi connectivity index (χ3n) is 1.84. The maximum atomic E-state index is 5.44. The molecule has 0 fully saturated rings. The Labute approximate surface area is 82.3 Å². The summed E-state index contributed by atoms with van der Waals surface area (Å²) in [7, 11) is 0. The van der Waals surface area contributed by atoms with Crippen LogP contribution in [-0.4, -0.2) is 4.98 Å². The van der Waals surface area contributed by atoms with E-state index in [1.54, 1.807) is 6.26 Å². The molecule has 0 aliphatic carbocycles. The van der Waals surface area contributed by atoms with Gasteiger partial charge in [0.25, 0.3) is 0 Å². The summed E-state index contributed by atoms with van der Waals surface area (Å²) in [5, 5.41) is 0. The van der Waals surface area contributed by atoms with Crippen LogP contribution < -0.4 is 0 Å². The topological polar surface area (TPSA) is 35.3 Å². The maximum Gasteiger partial charge on any atom is 0.180 e. The van der Waals surface area contributed by atoms with E-state index in [2.05, 4.69) is 4.98 Å². The third kappa shape index (κ3) is 2.44. The minimum absolute atomic E-state index is 0.491. The van der Waals surface area contributed by atoms with Crippen molar-refractivity contribution in [3.63, 3.8) is 0 Å². The number of rotatable bonds is 4. The third-order valence-corrected chi connectivity index (χ3v) is 1.84. The van der Waals surface area contributed by atoms with Crippen molar-refractivity contribution in [3.05, 3.63) is 54.2 Å². The van der Waals surface area contributed by atoms with Crippen molar-refractivity contribution in [2.24, 2.45) is 0 Å². The van der Waals surface area contributed by atoms with Gasteiger partial charge in [0.15, 0.2) is 6.39 Å². The number of hydrogen-bond acceptors (Lipinski definition) is 3. The first-order chi connectivity index (χ1) is 6.95. The lowest BCUT2D eigenvalue weighted by Gasteiger charge is -2.01. The lowest BCUT2D eigenvalue weighted by atomic mass is 10.2. The molecule has 1 aromatic heterocycles. The summed E-state index contributed by atoms with van der Waals surface area (Å²) < 4.78 is 10.3. The lowest BCUT2D eigenvalue weighted by molar-refractivity contribution is 0.104. The van der Waals surface area contributed by atoms with Crippen LogP contribution in [0.3, 0.4) is 0 Å². The molecule has 0 aliphatic heterocycles. The van der Waals surface area contributed by atoms with Crippen LogP contribution in [-0.2, 0) is 18.0 Å². The first-order valence-corrected chi connectivity index (χ1v) is 4.44. The monoisotopic (exact) mass is 189 g/mol. The number of benzene rings is 1. The molecule has 3 nitrogen and oxygen atoms in total. The highest BCUT2D eigenvalue weighted by atomic mass is 16.5. The van der Waals surface area contributed by atoms with Gasteiger partial charge in [0.1, 0.15) is 12.0 Å². The summed E-state index contributed by atoms with van der Waals surface area (Å²) in [6.07, 6.45) is 2.99. The fourth-order valence-corrected chi connectivity index (χ4v) is 1.16. The Bertz CT molecular complexity index is 356. The van der Waals surface area contributed by atoms with E-state index in [-0.39, 0.29) is 0 Å². The molecular formula is C11H11NO2. The molecule has 2 rings (SSSR count). The Morgan fingerprint density at radius 1 is 1.14 bits per heavy atom. The lowest BCUT2D eigenvalue weighted by Crippen LogP contribution is -1.93. The first-order valence-electron chi connectivity index (χ1n) is 4.44. The molecule has 14 heavy (non-hydrogen) atoms. The van der Waals surface area contributed by atoms with Gasteiger partial charge in [-0.2, -0.15) is 0 Å². The highest BCUT2D eigenvalue weighted by Crippen LogP contribution is 2.03. The van der Waals surface area contributed by atoms with Crippen molar-refractivity contribution in [1.29, 1.82) is 0 Å². The first kappa shape index (κ1) is 8.97. The van der Waals surface area contributed by atoms with Crippen LogP contribution in [0.5, 0.6) is 0 Å². The summed E-state index contributed by atoms with van der Waals surface area (Å²) in [5.74, 6) is 0. The molecule has 0 atom stereocenters. The van der Waals surface area contributed by atoms with Crippen LogP contribution in [0.1, 0.15) is 11.3 Å². The average Bonchev–Trinajstić information content (AvgIpc) is 2.72. The smallest absolute Gasteiger partial charge is 0.180 e. The van der Waals surface area contributed by atoms with E-state index in [0.29, 0.717) is 13.2 Å². The predicted octanol–water partition coefficient (Wildman–Crippen LogP) is 2.39. The molecule has 1 heterocycles. The van der Waals surface area contributed by atoms with E-state index >= 15 is 0 Å². The Kier molecular flexibility index (Phi) is 2.93. The normalized spacial score (nSPS) is 10.3. The molecule has 0 unspecified atom stereocenters. The molecule has 0 saturated heterocycles. The molecule has 0 bridgehead atoms. The van der Waals surface area contributed by atoms with Gasteiger partial charge in [-0.1, -0.05) is 30.3 Å². The maximum absolute atomic E-state index is 5.44. The fourth-order valence-electron chi connectivity index (χ4n) is 1.16. The van der Waals surface area contributed by atoms with Crippen molar-refractivity contribution in [3.8, 4) is 0 Å². The zero-order valence-electron chi connectivity index (χ0n) is 7.72. The molecule has 2 aromatic rings. The molecule has 0 aliphatic rings. The Balaban J connectivity index is 1.79. The number of hydrogen-bond donors (Lipinski definition) is 0. The van der Waals surface area contributed by atoms with Gasteiger partial charge in [0, 0.05) is 0 Å². The van der Waals surface area contributed by atoms with Crippen molar-refractivity contribution in [2.45, 2.75) is 13.2 Å². The minimum atomic E-state index is 0.491. The molecule has 0 amide bonds. The van der Waals surface area contributed by atoms with E-state index in [4.69, 9.17) is 9.15 Å².